The van der Waals surface area contributed by atoms with Crippen molar-refractivity contribution in [3.8, 4) is 0 Å². The van der Waals surface area contributed by atoms with E-state index in [0.717, 1.165) is 0 Å². The molecule has 1 aromatic carbocycles. The second kappa shape index (κ2) is 18.5. The fraction of sp³-hybridized carbons (Fsp3) is 0.688. The van der Waals surface area contributed by atoms with Crippen molar-refractivity contribution >= 4 is 11.9 Å². The van der Waals surface area contributed by atoms with Gasteiger partial charge in [-0.05, 0) is 5.56 Å². The second-order valence-electron chi connectivity index (χ2n) is 12.6. The minimum atomic E-state index is -3.05. The highest BCUT2D eigenvalue weighted by molar-refractivity contribution is 5.79. The van der Waals surface area contributed by atoms with Gasteiger partial charge in [-0.3, -0.25) is 4.79 Å². The Morgan fingerprint density at radius 3 is 2.17 bits per heavy atom. The van der Waals surface area contributed by atoms with Crippen molar-refractivity contribution in [2.75, 3.05) is 26.4 Å². The zero-order valence-electron chi connectivity index (χ0n) is 27.8. The van der Waals surface area contributed by atoms with E-state index in [9.17, 15) is 65.8 Å². The molecule has 0 aliphatic carbocycles. The van der Waals surface area contributed by atoms with Crippen LogP contribution in [-0.2, 0) is 44.4 Å². The van der Waals surface area contributed by atoms with Crippen molar-refractivity contribution in [1.82, 2.24) is 5.32 Å². The molecule has 0 radical (unpaired) electrons. The van der Waals surface area contributed by atoms with Gasteiger partial charge in [-0.25, -0.2) is 4.79 Å². The predicted octanol–water partition coefficient (Wildman–Crippen LogP) is -5.79. The molecule has 0 unspecified atom stereocenters. The first kappa shape index (κ1) is 42.0. The minimum Gasteiger partial charge on any atom is -0.477 e. The molecule has 3 aliphatic rings. The van der Waals surface area contributed by atoms with Crippen LogP contribution in [0.4, 0.5) is 0 Å². The van der Waals surface area contributed by atoms with Gasteiger partial charge in [-0.2, -0.15) is 0 Å². The van der Waals surface area contributed by atoms with E-state index in [-0.39, 0.29) is 13.0 Å². The smallest absolute Gasteiger partial charge is 0.364 e. The lowest BCUT2D eigenvalue weighted by atomic mass is 9.88. The number of benzene rings is 1. The van der Waals surface area contributed by atoms with E-state index in [1.54, 1.807) is 30.3 Å². The summed E-state index contributed by atoms with van der Waals surface area (Å²) in [5.74, 6) is -5.72. The first-order valence-corrected chi connectivity index (χ1v) is 16.4. The molecule has 294 valence electrons. The molecule has 3 heterocycles. The summed E-state index contributed by atoms with van der Waals surface area (Å²) >= 11 is 0. The van der Waals surface area contributed by atoms with Crippen LogP contribution < -0.4 is 5.32 Å². The maximum atomic E-state index is 12.9. The molecule has 1 amide bonds. The molecule has 0 aromatic heterocycles. The standard InChI is InChI=1S/C32H47NO19/c1-2-8-47-29-24(43)23(42)26(18(13-36)49-29)50-30-25(44)28(22(41)17(12-35)48-30)52-32(31(45)46)10-15(37)20(27(51-32)21(40)16(38)11-34)33-19(39)9-14-6-4-3-5-7-14/h2-7,15-18,20-30,34-38,40-44H,1,8-13H2,(H,33,39)(H,45,46)/t15-,16+,17+,18+,20+,21+,22-,23+,24+,25+,26+,27+,28-,29+,30-,32-/m0/s1. The number of ether oxygens (including phenoxy) is 6. The highest BCUT2D eigenvalue weighted by atomic mass is 16.8. The Morgan fingerprint density at radius 2 is 1.58 bits per heavy atom. The van der Waals surface area contributed by atoms with E-state index in [1.807, 2.05) is 0 Å². The number of aliphatic hydroxyl groups excluding tert-OH is 10. The van der Waals surface area contributed by atoms with Gasteiger partial charge in [0.2, 0.25) is 5.91 Å². The number of nitrogens with one attached hydrogen (secondary N) is 1. The molecule has 1 aromatic rings. The maximum Gasteiger partial charge on any atom is 0.364 e. The van der Waals surface area contributed by atoms with Crippen LogP contribution >= 0.6 is 0 Å². The third kappa shape index (κ3) is 9.30. The van der Waals surface area contributed by atoms with Gasteiger partial charge in [0.25, 0.3) is 5.79 Å². The number of carboxylic acid groups (broad SMARTS) is 1. The van der Waals surface area contributed by atoms with Crippen LogP contribution in [0.15, 0.2) is 43.0 Å². The van der Waals surface area contributed by atoms with E-state index in [0.29, 0.717) is 5.56 Å². The van der Waals surface area contributed by atoms with Crippen LogP contribution in [0, 0.1) is 0 Å². The molecule has 0 bridgehead atoms. The zero-order valence-corrected chi connectivity index (χ0v) is 27.8. The summed E-state index contributed by atoms with van der Waals surface area (Å²) in [5, 5.41) is 119. The zero-order chi connectivity index (χ0) is 38.3. The van der Waals surface area contributed by atoms with E-state index < -0.39 is 136 Å². The summed E-state index contributed by atoms with van der Waals surface area (Å²) in [6.07, 6.45) is -26.0. The van der Waals surface area contributed by atoms with Crippen LogP contribution in [-0.4, -0.2) is 192 Å². The lowest BCUT2D eigenvalue weighted by Gasteiger charge is -2.50. The lowest BCUT2D eigenvalue weighted by Crippen LogP contribution is -2.71. The summed E-state index contributed by atoms with van der Waals surface area (Å²) in [7, 11) is 0. The summed E-state index contributed by atoms with van der Waals surface area (Å²) < 4.78 is 33.3. The van der Waals surface area contributed by atoms with E-state index >= 15 is 0 Å². The van der Waals surface area contributed by atoms with Crippen molar-refractivity contribution in [1.29, 1.82) is 0 Å². The number of aliphatic hydroxyl groups is 10. The van der Waals surface area contributed by atoms with Crippen molar-refractivity contribution in [3.63, 3.8) is 0 Å². The number of carboxylic acids is 1. The molecular formula is C32H47NO19. The summed E-state index contributed by atoms with van der Waals surface area (Å²) in [4.78, 5) is 25.8. The minimum absolute atomic E-state index is 0.0998. The molecule has 0 spiro atoms. The number of rotatable bonds is 16. The third-order valence-corrected chi connectivity index (χ3v) is 8.99. The number of hydrogen-bond acceptors (Lipinski definition) is 18. The monoisotopic (exact) mass is 749 g/mol. The molecule has 16 atom stereocenters. The third-order valence-electron chi connectivity index (χ3n) is 8.99. The fourth-order valence-corrected chi connectivity index (χ4v) is 6.23. The van der Waals surface area contributed by atoms with Crippen molar-refractivity contribution < 1.29 is 94.2 Å². The Morgan fingerprint density at radius 1 is 0.923 bits per heavy atom. The molecule has 3 saturated heterocycles. The van der Waals surface area contributed by atoms with Gasteiger partial charge in [-0.1, -0.05) is 36.4 Å². The Balaban J connectivity index is 1.60. The topological polar surface area (TPSA) is 324 Å². The fourth-order valence-electron chi connectivity index (χ4n) is 6.23. The lowest BCUT2D eigenvalue weighted by molar-refractivity contribution is -0.386. The van der Waals surface area contributed by atoms with Gasteiger partial charge in [0.05, 0.1) is 45.0 Å². The molecule has 4 rings (SSSR count). The molecular weight excluding hydrogens is 702 g/mol. The van der Waals surface area contributed by atoms with Crippen molar-refractivity contribution in [3.05, 3.63) is 48.6 Å². The summed E-state index contributed by atoms with van der Waals surface area (Å²) in [6, 6.07) is 6.76. The molecule has 3 fully saturated rings. The largest absolute Gasteiger partial charge is 0.477 e. The summed E-state index contributed by atoms with van der Waals surface area (Å²) in [6.45, 7) is 0.534. The first-order valence-electron chi connectivity index (χ1n) is 16.4. The maximum absolute atomic E-state index is 12.9. The van der Waals surface area contributed by atoms with Crippen LogP contribution in [0.1, 0.15) is 12.0 Å². The molecule has 20 nitrogen and oxygen atoms in total. The van der Waals surface area contributed by atoms with E-state index in [4.69, 9.17) is 28.4 Å². The predicted molar refractivity (Wildman–Crippen MR) is 168 cm³/mol. The van der Waals surface area contributed by atoms with E-state index in [1.165, 1.54) is 6.08 Å². The highest BCUT2D eigenvalue weighted by Crippen LogP contribution is 2.38. The molecule has 20 heteroatoms. The average molecular weight is 750 g/mol. The first-order chi connectivity index (χ1) is 24.7. The molecule has 52 heavy (non-hydrogen) atoms. The number of carbonyl (C=O) groups excluding carboxylic acids is 1. The number of amides is 1. The van der Waals surface area contributed by atoms with Gasteiger partial charge >= 0.3 is 5.97 Å². The Hall–Kier alpha value is -2.74. The second-order valence-corrected chi connectivity index (χ2v) is 12.6. The number of aliphatic carboxylic acids is 1. The highest BCUT2D eigenvalue weighted by Gasteiger charge is 2.60. The number of hydrogen-bond donors (Lipinski definition) is 12. The van der Waals surface area contributed by atoms with Crippen LogP contribution in [0.5, 0.6) is 0 Å². The quantitative estimate of drug-likeness (QED) is 0.0700. The van der Waals surface area contributed by atoms with Crippen LogP contribution in [0.3, 0.4) is 0 Å². The molecule has 0 saturated carbocycles. The SMILES string of the molecule is C=CCO[C@@H]1O[C@H](CO)[C@@H](O[C@@H]2O[C@H](CO)[C@H](O)[C@H](O[C@]3(C(=O)O)C[C@H](O)[C@@H](NC(=O)Cc4ccccc4)[C@H]([C@H](O)[C@H](O)CO)O3)[C@H]2O)[C@H](O)[C@H]1O. The van der Waals surface area contributed by atoms with Crippen LogP contribution in [0.25, 0.3) is 0 Å². The van der Waals surface area contributed by atoms with Gasteiger partial charge in [-0.15, -0.1) is 6.58 Å². The molecule has 3 aliphatic heterocycles. The summed E-state index contributed by atoms with van der Waals surface area (Å²) in [5.41, 5.74) is 0.563. The van der Waals surface area contributed by atoms with Gasteiger partial charge < -0.3 is 89.9 Å². The Labute approximate surface area is 297 Å². The normalized spacial score (nSPS) is 39.3. The molecule has 12 N–H and O–H groups in total. The Bertz CT molecular complexity index is 1310. The van der Waals surface area contributed by atoms with Crippen LogP contribution in [0.2, 0.25) is 0 Å². The number of carbonyl (C=O) groups is 2. The van der Waals surface area contributed by atoms with Crippen molar-refractivity contribution in [2.45, 2.75) is 110 Å². The van der Waals surface area contributed by atoms with Gasteiger partial charge in [0.15, 0.2) is 12.6 Å². The Kier molecular flexibility index (Phi) is 15.0. The van der Waals surface area contributed by atoms with E-state index in [2.05, 4.69) is 11.9 Å². The van der Waals surface area contributed by atoms with Gasteiger partial charge in [0.1, 0.15) is 67.1 Å². The average Bonchev–Trinajstić information content (AvgIpc) is 3.13. The van der Waals surface area contributed by atoms with Crippen molar-refractivity contribution in [2.24, 2.45) is 0 Å². The van der Waals surface area contributed by atoms with Gasteiger partial charge in [0, 0.05) is 6.42 Å².